The molecule has 1 aromatic heterocycles. The summed E-state index contributed by atoms with van der Waals surface area (Å²) in [7, 11) is 1.45. The second-order valence-electron chi connectivity index (χ2n) is 3.59. The van der Waals surface area contributed by atoms with Crippen molar-refractivity contribution >= 4 is 0 Å². The zero-order chi connectivity index (χ0) is 10.2. The first-order valence-electron chi connectivity index (χ1n) is 4.31. The van der Waals surface area contributed by atoms with Crippen LogP contribution in [0.15, 0.2) is 10.9 Å². The Morgan fingerprint density at radius 1 is 1.46 bits per heavy atom. The smallest absolute Gasteiger partial charge is 0.255 e. The predicted octanol–water partition coefficient (Wildman–Crippen LogP) is 1.96. The van der Waals surface area contributed by atoms with E-state index in [2.05, 4.69) is 0 Å². The standard InChI is InChI=1S/C10H14FNO/c1-6(2)8-5-7(3)10(13)12(4)9(8)11/h5-6H,1-4H3. The molecule has 0 fully saturated rings. The number of hydrogen-bond acceptors (Lipinski definition) is 1. The second kappa shape index (κ2) is 3.32. The summed E-state index contributed by atoms with van der Waals surface area (Å²) in [6, 6.07) is 1.63. The molecule has 0 atom stereocenters. The molecule has 0 unspecified atom stereocenters. The fourth-order valence-electron chi connectivity index (χ4n) is 1.31. The van der Waals surface area contributed by atoms with Gasteiger partial charge in [0.25, 0.3) is 5.56 Å². The Kier molecular flexibility index (Phi) is 2.55. The van der Waals surface area contributed by atoms with Crippen molar-refractivity contribution in [2.45, 2.75) is 26.7 Å². The molecule has 1 heterocycles. The van der Waals surface area contributed by atoms with E-state index in [9.17, 15) is 9.18 Å². The zero-order valence-electron chi connectivity index (χ0n) is 8.39. The van der Waals surface area contributed by atoms with Crippen LogP contribution in [0.25, 0.3) is 0 Å². The van der Waals surface area contributed by atoms with E-state index in [1.54, 1.807) is 13.0 Å². The Balaban J connectivity index is 3.50. The molecule has 0 bridgehead atoms. The molecular formula is C10H14FNO. The van der Waals surface area contributed by atoms with Crippen molar-refractivity contribution in [3.63, 3.8) is 0 Å². The average molecular weight is 183 g/mol. The first kappa shape index (κ1) is 9.96. The molecule has 0 saturated carbocycles. The van der Waals surface area contributed by atoms with E-state index in [0.29, 0.717) is 11.1 Å². The summed E-state index contributed by atoms with van der Waals surface area (Å²) >= 11 is 0. The maximum atomic E-state index is 13.5. The molecule has 3 heteroatoms. The highest BCUT2D eigenvalue weighted by Crippen LogP contribution is 2.16. The Morgan fingerprint density at radius 2 is 2.00 bits per heavy atom. The lowest BCUT2D eigenvalue weighted by atomic mass is 10.0. The first-order chi connectivity index (χ1) is 5.95. The molecule has 0 spiro atoms. The highest BCUT2D eigenvalue weighted by atomic mass is 19.1. The van der Waals surface area contributed by atoms with Crippen LogP contribution in [-0.4, -0.2) is 4.57 Å². The van der Waals surface area contributed by atoms with E-state index in [1.807, 2.05) is 13.8 Å². The summed E-state index contributed by atoms with van der Waals surface area (Å²) in [5.41, 5.74) is 0.925. The van der Waals surface area contributed by atoms with Crippen LogP contribution < -0.4 is 5.56 Å². The van der Waals surface area contributed by atoms with Gasteiger partial charge >= 0.3 is 0 Å². The van der Waals surface area contributed by atoms with Gasteiger partial charge in [0, 0.05) is 18.2 Å². The van der Waals surface area contributed by atoms with Crippen LogP contribution in [0, 0.1) is 12.9 Å². The van der Waals surface area contributed by atoms with Crippen molar-refractivity contribution in [3.8, 4) is 0 Å². The molecule has 0 radical (unpaired) electrons. The molecule has 13 heavy (non-hydrogen) atoms. The molecule has 0 aliphatic carbocycles. The minimum absolute atomic E-state index is 0.102. The van der Waals surface area contributed by atoms with Crippen LogP contribution in [0.1, 0.15) is 30.9 Å². The predicted molar refractivity (Wildman–Crippen MR) is 50.5 cm³/mol. The number of aryl methyl sites for hydroxylation is 1. The van der Waals surface area contributed by atoms with E-state index >= 15 is 0 Å². The molecule has 0 amide bonds. The van der Waals surface area contributed by atoms with E-state index in [4.69, 9.17) is 0 Å². The lowest BCUT2D eigenvalue weighted by molar-refractivity contribution is 0.492. The van der Waals surface area contributed by atoms with Crippen LogP contribution in [0.3, 0.4) is 0 Å². The Bertz CT molecular complexity index is 379. The van der Waals surface area contributed by atoms with E-state index in [1.165, 1.54) is 7.05 Å². The SMILES string of the molecule is Cc1cc(C(C)C)c(F)n(C)c1=O. The van der Waals surface area contributed by atoms with Crippen molar-refractivity contribution in [2.75, 3.05) is 0 Å². The summed E-state index contributed by atoms with van der Waals surface area (Å²) in [4.78, 5) is 11.3. The van der Waals surface area contributed by atoms with E-state index in [-0.39, 0.29) is 11.5 Å². The van der Waals surface area contributed by atoms with Crippen molar-refractivity contribution < 1.29 is 4.39 Å². The molecule has 0 saturated heterocycles. The first-order valence-corrected chi connectivity index (χ1v) is 4.31. The summed E-state index contributed by atoms with van der Waals surface area (Å²) in [6.45, 7) is 5.51. The molecule has 0 N–H and O–H groups in total. The van der Waals surface area contributed by atoms with Gasteiger partial charge in [-0.3, -0.25) is 9.36 Å². The topological polar surface area (TPSA) is 22.0 Å². The lowest BCUT2D eigenvalue weighted by Crippen LogP contribution is -2.23. The number of hydrogen-bond donors (Lipinski definition) is 0. The van der Waals surface area contributed by atoms with E-state index in [0.717, 1.165) is 4.57 Å². The van der Waals surface area contributed by atoms with Crippen LogP contribution in [0.2, 0.25) is 0 Å². The Hall–Kier alpha value is -1.12. The lowest BCUT2D eigenvalue weighted by Gasteiger charge is -2.10. The summed E-state index contributed by atoms with van der Waals surface area (Å²) in [6.07, 6.45) is 0. The normalized spacial score (nSPS) is 10.9. The van der Waals surface area contributed by atoms with Gasteiger partial charge in [0.15, 0.2) is 5.95 Å². The summed E-state index contributed by atoms with van der Waals surface area (Å²) in [5.74, 6) is -0.323. The van der Waals surface area contributed by atoms with Crippen LogP contribution >= 0.6 is 0 Å². The van der Waals surface area contributed by atoms with Gasteiger partial charge in [-0.25, -0.2) is 0 Å². The number of halogens is 1. The summed E-state index contributed by atoms with van der Waals surface area (Å²) < 4.78 is 14.5. The number of rotatable bonds is 1. The summed E-state index contributed by atoms with van der Waals surface area (Å²) in [5, 5.41) is 0. The Morgan fingerprint density at radius 3 is 2.46 bits per heavy atom. The third kappa shape index (κ3) is 1.64. The highest BCUT2D eigenvalue weighted by Gasteiger charge is 2.11. The highest BCUT2D eigenvalue weighted by molar-refractivity contribution is 5.22. The number of nitrogens with zero attached hydrogens (tertiary/aromatic N) is 1. The largest absolute Gasteiger partial charge is 0.288 e. The molecule has 0 aromatic carbocycles. The fourth-order valence-corrected chi connectivity index (χ4v) is 1.31. The third-order valence-corrected chi connectivity index (χ3v) is 2.17. The quantitative estimate of drug-likeness (QED) is 0.610. The van der Waals surface area contributed by atoms with Crippen molar-refractivity contribution in [3.05, 3.63) is 33.5 Å². The molecule has 0 aliphatic heterocycles. The van der Waals surface area contributed by atoms with Gasteiger partial charge in [-0.2, -0.15) is 4.39 Å². The van der Waals surface area contributed by atoms with Gasteiger partial charge in [-0.1, -0.05) is 13.8 Å². The van der Waals surface area contributed by atoms with Crippen molar-refractivity contribution in [2.24, 2.45) is 7.05 Å². The number of aromatic nitrogens is 1. The van der Waals surface area contributed by atoms with Crippen LogP contribution in [-0.2, 0) is 7.05 Å². The molecule has 2 nitrogen and oxygen atoms in total. The maximum absolute atomic E-state index is 13.5. The molecule has 72 valence electrons. The van der Waals surface area contributed by atoms with E-state index < -0.39 is 5.95 Å². The van der Waals surface area contributed by atoms with Gasteiger partial charge in [0.2, 0.25) is 0 Å². The number of pyridine rings is 1. The van der Waals surface area contributed by atoms with Gasteiger partial charge < -0.3 is 0 Å². The van der Waals surface area contributed by atoms with Gasteiger partial charge in [0.1, 0.15) is 0 Å². The van der Waals surface area contributed by atoms with Gasteiger partial charge in [-0.05, 0) is 18.9 Å². The minimum atomic E-state index is -0.425. The second-order valence-corrected chi connectivity index (χ2v) is 3.59. The van der Waals surface area contributed by atoms with Crippen molar-refractivity contribution in [1.29, 1.82) is 0 Å². The average Bonchev–Trinajstić information content (AvgIpc) is 2.07. The third-order valence-electron chi connectivity index (χ3n) is 2.17. The fraction of sp³-hybridized carbons (Fsp3) is 0.500. The van der Waals surface area contributed by atoms with Crippen molar-refractivity contribution in [1.82, 2.24) is 4.57 Å². The van der Waals surface area contributed by atoms with Crippen LogP contribution in [0.4, 0.5) is 4.39 Å². The maximum Gasteiger partial charge on any atom is 0.255 e. The Labute approximate surface area is 77.0 Å². The van der Waals surface area contributed by atoms with Crippen LogP contribution in [0.5, 0.6) is 0 Å². The van der Waals surface area contributed by atoms with Gasteiger partial charge in [-0.15, -0.1) is 0 Å². The minimum Gasteiger partial charge on any atom is -0.288 e. The molecule has 1 aromatic rings. The molecular weight excluding hydrogens is 169 g/mol. The molecule has 1 rings (SSSR count). The monoisotopic (exact) mass is 183 g/mol. The zero-order valence-corrected chi connectivity index (χ0v) is 8.39. The molecule has 0 aliphatic rings. The van der Waals surface area contributed by atoms with Gasteiger partial charge in [0.05, 0.1) is 0 Å².